The summed E-state index contributed by atoms with van der Waals surface area (Å²) in [6.07, 6.45) is 3.97. The number of benzene rings is 1. The fraction of sp³-hybridized carbons (Fsp3) is 0.500. The number of aryl methyl sites for hydroxylation is 1. The second-order valence-electron chi connectivity index (χ2n) is 9.14. The van der Waals surface area contributed by atoms with Crippen LogP contribution in [0.5, 0.6) is 0 Å². The molecule has 33 heavy (non-hydrogen) atoms. The van der Waals surface area contributed by atoms with Gasteiger partial charge in [0.15, 0.2) is 6.61 Å². The Morgan fingerprint density at radius 3 is 2.55 bits per heavy atom. The molecule has 1 saturated heterocycles. The first-order chi connectivity index (χ1) is 15.6. The Bertz CT molecular complexity index is 1200. The molecule has 178 valence electrons. The Kier molecular flexibility index (Phi) is 6.71. The molecule has 2 aromatic rings. The maximum absolute atomic E-state index is 13.1. The summed E-state index contributed by atoms with van der Waals surface area (Å²) in [7, 11) is -3.84. The van der Waals surface area contributed by atoms with Gasteiger partial charge in [-0.2, -0.15) is 4.31 Å². The van der Waals surface area contributed by atoms with Gasteiger partial charge in [0.05, 0.1) is 10.6 Å². The van der Waals surface area contributed by atoms with Gasteiger partial charge in [0.1, 0.15) is 4.90 Å². The second kappa shape index (κ2) is 9.24. The number of hydrogen-bond acceptors (Lipinski definition) is 5. The molecule has 0 amide bonds. The van der Waals surface area contributed by atoms with Crippen molar-refractivity contribution in [1.29, 1.82) is 0 Å². The van der Waals surface area contributed by atoms with Crippen molar-refractivity contribution >= 4 is 33.4 Å². The highest BCUT2D eigenvalue weighted by Gasteiger charge is 2.31. The zero-order valence-electron chi connectivity index (χ0n) is 19.1. The fourth-order valence-electron chi connectivity index (χ4n) is 4.58. The average molecular weight is 493 g/mol. The highest BCUT2D eigenvalue weighted by atomic mass is 35.5. The van der Waals surface area contributed by atoms with Crippen molar-refractivity contribution in [2.45, 2.75) is 57.4 Å². The molecule has 4 rings (SSSR count). The molecule has 2 fully saturated rings. The number of esters is 1. The summed E-state index contributed by atoms with van der Waals surface area (Å²) in [6, 6.07) is 6.31. The molecule has 1 aromatic carbocycles. The number of ether oxygens (including phenoxy) is 1. The molecule has 1 aliphatic carbocycles. The van der Waals surface area contributed by atoms with Crippen LogP contribution >= 0.6 is 11.6 Å². The molecule has 1 aliphatic heterocycles. The molecule has 1 atom stereocenters. The van der Waals surface area contributed by atoms with Crippen LogP contribution in [0.25, 0.3) is 0 Å². The summed E-state index contributed by atoms with van der Waals surface area (Å²) in [5, 5.41) is 0.0494. The first-order valence-corrected chi connectivity index (χ1v) is 13.1. The van der Waals surface area contributed by atoms with Gasteiger partial charge in [0, 0.05) is 36.1 Å². The van der Waals surface area contributed by atoms with Crippen LogP contribution in [0.4, 0.5) is 0 Å². The van der Waals surface area contributed by atoms with E-state index in [1.807, 2.05) is 26.8 Å². The largest absolute Gasteiger partial charge is 0.454 e. The molecule has 0 radical (unpaired) electrons. The smallest absolute Gasteiger partial charge is 0.338 e. The minimum Gasteiger partial charge on any atom is -0.454 e. The van der Waals surface area contributed by atoms with Gasteiger partial charge in [0.2, 0.25) is 15.8 Å². The van der Waals surface area contributed by atoms with Gasteiger partial charge in [-0.05, 0) is 69.7 Å². The van der Waals surface area contributed by atoms with Crippen LogP contribution in [-0.4, -0.2) is 48.7 Å². The van der Waals surface area contributed by atoms with E-state index in [1.54, 1.807) is 0 Å². The molecule has 2 aliphatic rings. The van der Waals surface area contributed by atoms with Gasteiger partial charge < -0.3 is 9.30 Å². The van der Waals surface area contributed by atoms with Crippen LogP contribution < -0.4 is 0 Å². The third kappa shape index (κ3) is 4.88. The van der Waals surface area contributed by atoms with Crippen molar-refractivity contribution in [1.82, 2.24) is 8.87 Å². The molecule has 2 heterocycles. The van der Waals surface area contributed by atoms with Crippen LogP contribution in [0.1, 0.15) is 70.8 Å². The SMILES string of the molecule is Cc1cc(C(=O)COC(=O)c2ccc(Cl)c(S(=O)(=O)N3CCCC(C)C3)c2)c(C)n1C1CC1. The molecular formula is C24H29ClN2O5S. The Morgan fingerprint density at radius 1 is 1.15 bits per heavy atom. The number of Topliss-reactive ketones (excluding diaryl/α,β-unsaturated/α-hetero) is 1. The van der Waals surface area contributed by atoms with Crippen molar-refractivity contribution < 1.29 is 22.7 Å². The maximum atomic E-state index is 13.1. The summed E-state index contributed by atoms with van der Waals surface area (Å²) in [6.45, 7) is 6.30. The summed E-state index contributed by atoms with van der Waals surface area (Å²) in [4.78, 5) is 25.2. The quantitative estimate of drug-likeness (QED) is 0.418. The third-order valence-electron chi connectivity index (χ3n) is 6.44. The van der Waals surface area contributed by atoms with Gasteiger partial charge in [-0.25, -0.2) is 13.2 Å². The van der Waals surface area contributed by atoms with Crippen molar-refractivity contribution in [3.8, 4) is 0 Å². The number of carbonyl (C=O) groups excluding carboxylic acids is 2. The molecule has 7 nitrogen and oxygen atoms in total. The summed E-state index contributed by atoms with van der Waals surface area (Å²) in [5.74, 6) is -0.791. The van der Waals surface area contributed by atoms with E-state index in [9.17, 15) is 18.0 Å². The highest BCUT2D eigenvalue weighted by Crippen LogP contribution is 2.38. The second-order valence-corrected chi connectivity index (χ2v) is 11.5. The number of hydrogen-bond donors (Lipinski definition) is 0. The predicted molar refractivity (Wildman–Crippen MR) is 125 cm³/mol. The van der Waals surface area contributed by atoms with Crippen molar-refractivity contribution in [3.05, 3.63) is 51.8 Å². The molecule has 0 bridgehead atoms. The first-order valence-electron chi connectivity index (χ1n) is 11.3. The minimum absolute atomic E-state index is 0.0410. The summed E-state index contributed by atoms with van der Waals surface area (Å²) in [5.41, 5.74) is 2.49. The van der Waals surface area contributed by atoms with Crippen LogP contribution in [0, 0.1) is 19.8 Å². The van der Waals surface area contributed by atoms with Crippen molar-refractivity contribution in [2.75, 3.05) is 19.7 Å². The number of sulfonamides is 1. The zero-order chi connectivity index (χ0) is 23.9. The van der Waals surface area contributed by atoms with Crippen LogP contribution in [0.3, 0.4) is 0 Å². The lowest BCUT2D eigenvalue weighted by Gasteiger charge is -2.30. The van der Waals surface area contributed by atoms with Gasteiger partial charge in [-0.3, -0.25) is 4.79 Å². The molecule has 9 heteroatoms. The minimum atomic E-state index is -3.84. The predicted octanol–water partition coefficient (Wildman–Crippen LogP) is 4.55. The Hall–Kier alpha value is -2.16. The Labute approximate surface area is 199 Å². The van der Waals surface area contributed by atoms with E-state index >= 15 is 0 Å². The summed E-state index contributed by atoms with van der Waals surface area (Å²) < 4.78 is 35.1. The van der Waals surface area contributed by atoms with E-state index in [1.165, 1.54) is 22.5 Å². The van der Waals surface area contributed by atoms with Crippen LogP contribution in [0.15, 0.2) is 29.2 Å². The molecule has 1 saturated carbocycles. The van der Waals surface area contributed by atoms with E-state index in [0.717, 1.165) is 37.1 Å². The zero-order valence-corrected chi connectivity index (χ0v) is 20.7. The number of carbonyl (C=O) groups is 2. The third-order valence-corrected chi connectivity index (χ3v) is 8.78. The van der Waals surface area contributed by atoms with E-state index < -0.39 is 22.6 Å². The molecular weight excluding hydrogens is 464 g/mol. The fourth-order valence-corrected chi connectivity index (χ4v) is 6.68. The summed E-state index contributed by atoms with van der Waals surface area (Å²) >= 11 is 6.20. The van der Waals surface area contributed by atoms with Crippen molar-refractivity contribution in [3.63, 3.8) is 0 Å². The number of nitrogens with zero attached hydrogens (tertiary/aromatic N) is 2. The number of rotatable bonds is 7. The number of piperidine rings is 1. The first kappa shape index (κ1) is 24.0. The van der Waals surface area contributed by atoms with E-state index in [-0.39, 0.29) is 27.2 Å². The lowest BCUT2D eigenvalue weighted by molar-refractivity contribution is 0.0474. The van der Waals surface area contributed by atoms with Crippen molar-refractivity contribution in [2.24, 2.45) is 5.92 Å². The lowest BCUT2D eigenvalue weighted by Crippen LogP contribution is -2.39. The average Bonchev–Trinajstić information content (AvgIpc) is 3.56. The lowest BCUT2D eigenvalue weighted by atomic mass is 10.0. The Balaban J connectivity index is 1.48. The van der Waals surface area contributed by atoms with E-state index in [0.29, 0.717) is 24.7 Å². The maximum Gasteiger partial charge on any atom is 0.338 e. The molecule has 0 N–H and O–H groups in total. The van der Waals surface area contributed by atoms with Crippen LogP contribution in [0.2, 0.25) is 5.02 Å². The topological polar surface area (TPSA) is 85.7 Å². The van der Waals surface area contributed by atoms with E-state index in [4.69, 9.17) is 16.3 Å². The monoisotopic (exact) mass is 492 g/mol. The van der Waals surface area contributed by atoms with Gasteiger partial charge >= 0.3 is 5.97 Å². The normalized spacial score (nSPS) is 19.5. The number of aromatic nitrogens is 1. The highest BCUT2D eigenvalue weighted by molar-refractivity contribution is 7.89. The van der Waals surface area contributed by atoms with E-state index in [2.05, 4.69) is 4.57 Å². The molecule has 1 unspecified atom stereocenters. The number of halogens is 1. The van der Waals surface area contributed by atoms with Gasteiger partial charge in [0.25, 0.3) is 0 Å². The van der Waals surface area contributed by atoms with Gasteiger partial charge in [-0.15, -0.1) is 0 Å². The van der Waals surface area contributed by atoms with Crippen LogP contribution in [-0.2, 0) is 14.8 Å². The Morgan fingerprint density at radius 2 is 1.88 bits per heavy atom. The van der Waals surface area contributed by atoms with Gasteiger partial charge in [-0.1, -0.05) is 18.5 Å². The standard InChI is InChI=1S/C24H29ClN2O5S/c1-15-5-4-10-26(13-15)33(30,31)23-12-18(6-9-21(23)25)24(29)32-14-22(28)20-11-16(2)27(17(20)3)19-7-8-19/h6,9,11-12,15,19H,4-5,7-8,10,13-14H2,1-3H3. The molecule has 1 aromatic heterocycles. The number of ketones is 1. The molecule has 0 spiro atoms.